The molecule has 5 heteroatoms. The van der Waals surface area contributed by atoms with Gasteiger partial charge in [0, 0.05) is 30.5 Å². The molecule has 5 nitrogen and oxygen atoms in total. The lowest BCUT2D eigenvalue weighted by atomic mass is 9.75. The number of hydrogen-bond donors (Lipinski definition) is 2. The molecule has 0 saturated heterocycles. The number of hydrogen-bond acceptors (Lipinski definition) is 4. The predicted octanol–water partition coefficient (Wildman–Crippen LogP) is 1.73. The summed E-state index contributed by atoms with van der Waals surface area (Å²) in [6.07, 6.45) is 5.42. The van der Waals surface area contributed by atoms with Gasteiger partial charge in [-0.3, -0.25) is 9.78 Å². The second-order valence-corrected chi connectivity index (χ2v) is 5.62. The van der Waals surface area contributed by atoms with E-state index >= 15 is 0 Å². The highest BCUT2D eigenvalue weighted by Gasteiger charge is 2.38. The van der Waals surface area contributed by atoms with Crippen molar-refractivity contribution in [2.75, 3.05) is 32.5 Å². The van der Waals surface area contributed by atoms with E-state index in [0.29, 0.717) is 12.2 Å². The van der Waals surface area contributed by atoms with Crippen LogP contribution in [0.3, 0.4) is 0 Å². The predicted molar refractivity (Wildman–Crippen MR) is 81.0 cm³/mol. The standard InChI is InChI=1S/C15H24N4O/c1-4-16-14(20)13-10-12(6-9-17-13)18-11-15(19(2)3)7-5-8-15/h6,9-10H,4-5,7-8,11H2,1-3H3,(H,16,20)(H,17,18). The Bertz CT molecular complexity index is 469. The zero-order valence-corrected chi connectivity index (χ0v) is 12.6. The third-order valence-electron chi connectivity index (χ3n) is 4.18. The van der Waals surface area contributed by atoms with Crippen molar-refractivity contribution in [3.8, 4) is 0 Å². The van der Waals surface area contributed by atoms with Gasteiger partial charge in [-0.25, -0.2) is 0 Å². The summed E-state index contributed by atoms with van der Waals surface area (Å²) in [5, 5.41) is 6.21. The summed E-state index contributed by atoms with van der Waals surface area (Å²) >= 11 is 0. The summed E-state index contributed by atoms with van der Waals surface area (Å²) in [7, 11) is 4.26. The van der Waals surface area contributed by atoms with Crippen LogP contribution in [0.25, 0.3) is 0 Å². The summed E-state index contributed by atoms with van der Waals surface area (Å²) in [6.45, 7) is 3.41. The van der Waals surface area contributed by atoms with Crippen LogP contribution < -0.4 is 10.6 Å². The summed E-state index contributed by atoms with van der Waals surface area (Å²) in [4.78, 5) is 18.2. The average Bonchev–Trinajstić information content (AvgIpc) is 2.37. The van der Waals surface area contributed by atoms with Crippen LogP contribution >= 0.6 is 0 Å². The molecule has 1 saturated carbocycles. The lowest BCUT2D eigenvalue weighted by Gasteiger charge is -2.47. The first-order valence-electron chi connectivity index (χ1n) is 7.23. The summed E-state index contributed by atoms with van der Waals surface area (Å²) in [6, 6.07) is 3.72. The van der Waals surface area contributed by atoms with Crippen LogP contribution in [0.2, 0.25) is 0 Å². The number of anilines is 1. The van der Waals surface area contributed by atoms with E-state index in [1.165, 1.54) is 19.3 Å². The van der Waals surface area contributed by atoms with Gasteiger partial charge in [-0.05, 0) is 52.4 Å². The molecule has 2 rings (SSSR count). The van der Waals surface area contributed by atoms with Gasteiger partial charge in [-0.2, -0.15) is 0 Å². The minimum absolute atomic E-state index is 0.123. The molecule has 0 spiro atoms. The molecule has 1 amide bonds. The molecule has 1 aromatic rings. The van der Waals surface area contributed by atoms with Crippen molar-refractivity contribution in [2.24, 2.45) is 0 Å². The van der Waals surface area contributed by atoms with E-state index in [1.807, 2.05) is 19.1 Å². The summed E-state index contributed by atoms with van der Waals surface area (Å²) < 4.78 is 0. The van der Waals surface area contributed by atoms with Gasteiger partial charge in [-0.1, -0.05) is 0 Å². The zero-order chi connectivity index (χ0) is 14.6. The van der Waals surface area contributed by atoms with Crippen molar-refractivity contribution in [3.63, 3.8) is 0 Å². The van der Waals surface area contributed by atoms with Crippen molar-refractivity contribution < 1.29 is 4.79 Å². The molecule has 1 heterocycles. The van der Waals surface area contributed by atoms with Crippen molar-refractivity contribution in [3.05, 3.63) is 24.0 Å². The van der Waals surface area contributed by atoms with Crippen LogP contribution in [-0.2, 0) is 0 Å². The monoisotopic (exact) mass is 276 g/mol. The number of carbonyl (C=O) groups excluding carboxylic acids is 1. The quantitative estimate of drug-likeness (QED) is 0.831. The van der Waals surface area contributed by atoms with Gasteiger partial charge in [0.15, 0.2) is 0 Å². The second-order valence-electron chi connectivity index (χ2n) is 5.62. The fourth-order valence-corrected chi connectivity index (χ4v) is 2.55. The molecule has 110 valence electrons. The van der Waals surface area contributed by atoms with E-state index in [4.69, 9.17) is 0 Å². The Morgan fingerprint density at radius 1 is 1.45 bits per heavy atom. The highest BCUT2D eigenvalue weighted by molar-refractivity contribution is 5.93. The van der Waals surface area contributed by atoms with Crippen LogP contribution in [-0.4, -0.2) is 48.5 Å². The maximum Gasteiger partial charge on any atom is 0.269 e. The van der Waals surface area contributed by atoms with E-state index in [2.05, 4.69) is 34.6 Å². The Morgan fingerprint density at radius 2 is 2.20 bits per heavy atom. The molecule has 0 bridgehead atoms. The van der Waals surface area contributed by atoms with Gasteiger partial charge < -0.3 is 15.5 Å². The number of likely N-dealkylation sites (N-methyl/N-ethyl adjacent to an activating group) is 1. The Labute approximate surface area is 120 Å². The van der Waals surface area contributed by atoms with Gasteiger partial charge in [0.05, 0.1) is 0 Å². The number of nitrogens with zero attached hydrogens (tertiary/aromatic N) is 2. The molecular weight excluding hydrogens is 252 g/mol. The molecule has 0 aromatic carbocycles. The van der Waals surface area contributed by atoms with Crippen LogP contribution in [0.4, 0.5) is 5.69 Å². The smallest absolute Gasteiger partial charge is 0.269 e. The molecule has 0 radical (unpaired) electrons. The van der Waals surface area contributed by atoms with Gasteiger partial charge >= 0.3 is 0 Å². The minimum atomic E-state index is -0.123. The number of carbonyl (C=O) groups is 1. The van der Waals surface area contributed by atoms with Crippen molar-refractivity contribution in [2.45, 2.75) is 31.7 Å². The van der Waals surface area contributed by atoms with E-state index in [0.717, 1.165) is 12.2 Å². The highest BCUT2D eigenvalue weighted by atomic mass is 16.1. The molecule has 1 aromatic heterocycles. The number of aromatic nitrogens is 1. The van der Waals surface area contributed by atoms with Gasteiger partial charge in [0.2, 0.25) is 0 Å². The van der Waals surface area contributed by atoms with E-state index in [1.54, 1.807) is 6.20 Å². The first-order valence-corrected chi connectivity index (χ1v) is 7.23. The molecule has 1 fully saturated rings. The normalized spacial score (nSPS) is 16.6. The van der Waals surface area contributed by atoms with E-state index in [9.17, 15) is 4.79 Å². The van der Waals surface area contributed by atoms with E-state index in [-0.39, 0.29) is 11.4 Å². The lowest BCUT2D eigenvalue weighted by molar-refractivity contribution is 0.0739. The van der Waals surface area contributed by atoms with Crippen molar-refractivity contribution >= 4 is 11.6 Å². The molecule has 1 aliphatic rings. The topological polar surface area (TPSA) is 57.3 Å². The maximum atomic E-state index is 11.8. The molecule has 1 aliphatic carbocycles. The number of rotatable bonds is 6. The van der Waals surface area contributed by atoms with Crippen LogP contribution in [0.5, 0.6) is 0 Å². The Morgan fingerprint density at radius 3 is 2.75 bits per heavy atom. The van der Waals surface area contributed by atoms with Gasteiger partial charge in [0.1, 0.15) is 5.69 Å². The van der Waals surface area contributed by atoms with Crippen LogP contribution in [0, 0.1) is 0 Å². The number of amides is 1. The third-order valence-corrected chi connectivity index (χ3v) is 4.18. The molecule has 20 heavy (non-hydrogen) atoms. The zero-order valence-electron chi connectivity index (χ0n) is 12.6. The third kappa shape index (κ3) is 3.10. The van der Waals surface area contributed by atoms with Crippen LogP contribution in [0.1, 0.15) is 36.7 Å². The fourth-order valence-electron chi connectivity index (χ4n) is 2.55. The number of pyridine rings is 1. The first kappa shape index (κ1) is 14.8. The van der Waals surface area contributed by atoms with Gasteiger partial charge in [-0.15, -0.1) is 0 Å². The van der Waals surface area contributed by atoms with Gasteiger partial charge in [0.25, 0.3) is 5.91 Å². The molecule has 0 unspecified atom stereocenters. The summed E-state index contributed by atoms with van der Waals surface area (Å²) in [5.41, 5.74) is 1.67. The second kappa shape index (κ2) is 6.22. The SMILES string of the molecule is CCNC(=O)c1cc(NCC2(N(C)C)CCC2)ccn1. The summed E-state index contributed by atoms with van der Waals surface area (Å²) in [5.74, 6) is -0.123. The average molecular weight is 276 g/mol. The molecular formula is C15H24N4O. The fraction of sp³-hybridized carbons (Fsp3) is 0.600. The lowest BCUT2D eigenvalue weighted by Crippen LogP contribution is -2.54. The van der Waals surface area contributed by atoms with E-state index < -0.39 is 0 Å². The minimum Gasteiger partial charge on any atom is -0.383 e. The highest BCUT2D eigenvalue weighted by Crippen LogP contribution is 2.36. The van der Waals surface area contributed by atoms with Crippen molar-refractivity contribution in [1.82, 2.24) is 15.2 Å². The largest absolute Gasteiger partial charge is 0.383 e. The first-order chi connectivity index (χ1) is 9.57. The molecule has 0 aliphatic heterocycles. The Kier molecular flexibility index (Phi) is 4.60. The van der Waals surface area contributed by atoms with Crippen LogP contribution in [0.15, 0.2) is 18.3 Å². The molecule has 2 N–H and O–H groups in total. The number of nitrogens with one attached hydrogen (secondary N) is 2. The maximum absolute atomic E-state index is 11.8. The Balaban J connectivity index is 1.99. The van der Waals surface area contributed by atoms with Crippen molar-refractivity contribution in [1.29, 1.82) is 0 Å². The molecule has 0 atom stereocenters. The Hall–Kier alpha value is -1.62.